The number of nitrogens with zero attached hydrogens (tertiary/aromatic N) is 1. The van der Waals surface area contributed by atoms with Crippen molar-refractivity contribution >= 4 is 16.7 Å². The maximum Gasteiger partial charge on any atom is 0.190 e. The van der Waals surface area contributed by atoms with Gasteiger partial charge in [-0.05, 0) is 38.1 Å². The number of carbonyl (C=O) groups excluding carboxylic acids is 1. The first-order valence-electron chi connectivity index (χ1n) is 7.03. The van der Waals surface area contributed by atoms with Gasteiger partial charge in [0, 0.05) is 17.1 Å². The van der Waals surface area contributed by atoms with Gasteiger partial charge in [-0.25, -0.2) is 0 Å². The number of nitrogens with one attached hydrogen (secondary N) is 1. The molecule has 0 unspecified atom stereocenters. The third-order valence-electron chi connectivity index (χ3n) is 3.65. The summed E-state index contributed by atoms with van der Waals surface area (Å²) in [6.07, 6.45) is 3.79. The molecule has 0 atom stereocenters. The largest absolute Gasteiger partial charge is 0.370 e. The van der Waals surface area contributed by atoms with E-state index in [1.165, 1.54) is 0 Å². The van der Waals surface area contributed by atoms with Crippen molar-refractivity contribution in [3.05, 3.63) is 42.1 Å². The van der Waals surface area contributed by atoms with E-state index in [0.29, 0.717) is 5.56 Å². The maximum absolute atomic E-state index is 12.2. The van der Waals surface area contributed by atoms with E-state index in [2.05, 4.69) is 10.3 Å². The highest BCUT2D eigenvalue weighted by Gasteiger charge is 2.15. The highest BCUT2D eigenvalue weighted by Crippen LogP contribution is 2.14. The molecule has 4 heteroatoms. The van der Waals surface area contributed by atoms with Gasteiger partial charge in [0.2, 0.25) is 0 Å². The van der Waals surface area contributed by atoms with Gasteiger partial charge in [-0.15, -0.1) is 0 Å². The average molecular weight is 270 g/mol. The minimum absolute atomic E-state index is 0.00165. The van der Waals surface area contributed by atoms with E-state index >= 15 is 0 Å². The lowest BCUT2D eigenvalue weighted by atomic mass is 10.1. The van der Waals surface area contributed by atoms with Gasteiger partial charge in [0.1, 0.15) is 6.61 Å². The van der Waals surface area contributed by atoms with Crippen LogP contribution in [0.25, 0.3) is 10.9 Å². The van der Waals surface area contributed by atoms with E-state index in [1.54, 1.807) is 6.20 Å². The monoisotopic (exact) mass is 270 g/mol. The van der Waals surface area contributed by atoms with Crippen LogP contribution in [0.3, 0.4) is 0 Å². The molecule has 1 aromatic carbocycles. The predicted molar refractivity (Wildman–Crippen MR) is 77.9 cm³/mol. The van der Waals surface area contributed by atoms with Gasteiger partial charge in [-0.1, -0.05) is 18.2 Å². The molecule has 0 amide bonds. The zero-order chi connectivity index (χ0) is 13.8. The Morgan fingerprint density at radius 3 is 2.95 bits per heavy atom. The Kier molecular flexibility index (Phi) is 4.04. The number of benzene rings is 1. The van der Waals surface area contributed by atoms with Crippen molar-refractivity contribution in [3.8, 4) is 0 Å². The molecule has 0 aliphatic carbocycles. The number of carbonyl (C=O) groups is 1. The number of fused-ring (bicyclic) bond motifs is 1. The molecule has 104 valence electrons. The van der Waals surface area contributed by atoms with E-state index in [9.17, 15) is 4.79 Å². The Morgan fingerprint density at radius 1 is 1.30 bits per heavy atom. The Balaban J connectivity index is 1.65. The molecule has 4 nitrogen and oxygen atoms in total. The number of aromatic nitrogens is 1. The Morgan fingerprint density at radius 2 is 2.10 bits per heavy atom. The smallest absolute Gasteiger partial charge is 0.190 e. The first kappa shape index (κ1) is 13.2. The van der Waals surface area contributed by atoms with Crippen molar-refractivity contribution in [2.45, 2.75) is 18.9 Å². The summed E-state index contributed by atoms with van der Waals surface area (Å²) in [4.78, 5) is 16.5. The molecule has 2 aromatic rings. The van der Waals surface area contributed by atoms with E-state index < -0.39 is 0 Å². The fourth-order valence-electron chi connectivity index (χ4n) is 2.46. The minimum Gasteiger partial charge on any atom is -0.370 e. The van der Waals surface area contributed by atoms with Crippen molar-refractivity contribution in [1.29, 1.82) is 0 Å². The SMILES string of the molecule is O=C(COC1CCNCC1)c1cnc2ccccc2c1. The lowest BCUT2D eigenvalue weighted by Gasteiger charge is -2.22. The topological polar surface area (TPSA) is 51.2 Å². The summed E-state index contributed by atoms with van der Waals surface area (Å²) >= 11 is 0. The standard InChI is InChI=1S/C16H18N2O2/c19-16(11-20-14-5-7-17-8-6-14)13-9-12-3-1-2-4-15(12)18-10-13/h1-4,9-10,14,17H,5-8,11H2. The molecule has 2 heterocycles. The highest BCUT2D eigenvalue weighted by molar-refractivity contribution is 5.99. The summed E-state index contributed by atoms with van der Waals surface area (Å²) < 4.78 is 5.69. The second kappa shape index (κ2) is 6.11. The molecule has 1 aliphatic heterocycles. The van der Waals surface area contributed by atoms with Crippen molar-refractivity contribution in [2.24, 2.45) is 0 Å². The van der Waals surface area contributed by atoms with E-state index in [0.717, 1.165) is 36.8 Å². The Bertz CT molecular complexity index is 606. The number of Topliss-reactive ketones (excluding diaryl/α,β-unsaturated/α-hetero) is 1. The van der Waals surface area contributed by atoms with Crippen LogP contribution in [0.15, 0.2) is 36.5 Å². The Labute approximate surface area is 118 Å². The second-order valence-corrected chi connectivity index (χ2v) is 5.10. The quantitative estimate of drug-likeness (QED) is 0.865. The summed E-state index contributed by atoms with van der Waals surface area (Å²) in [7, 11) is 0. The number of ether oxygens (including phenoxy) is 1. The zero-order valence-corrected chi connectivity index (χ0v) is 11.3. The van der Waals surface area contributed by atoms with Gasteiger partial charge >= 0.3 is 0 Å². The zero-order valence-electron chi connectivity index (χ0n) is 11.3. The van der Waals surface area contributed by atoms with Crippen LogP contribution in [-0.4, -0.2) is 36.6 Å². The number of piperidine rings is 1. The molecule has 1 N–H and O–H groups in total. The van der Waals surface area contributed by atoms with Gasteiger partial charge in [0.15, 0.2) is 5.78 Å². The molecule has 1 aliphatic rings. The van der Waals surface area contributed by atoms with Gasteiger partial charge in [-0.2, -0.15) is 0 Å². The van der Waals surface area contributed by atoms with Crippen molar-refractivity contribution in [3.63, 3.8) is 0 Å². The number of ketones is 1. The normalized spacial score (nSPS) is 16.4. The number of hydrogen-bond acceptors (Lipinski definition) is 4. The maximum atomic E-state index is 12.2. The molecule has 0 saturated carbocycles. The second-order valence-electron chi connectivity index (χ2n) is 5.10. The summed E-state index contributed by atoms with van der Waals surface area (Å²) in [5.74, 6) is 0.00165. The molecule has 1 aromatic heterocycles. The molecule has 3 rings (SSSR count). The molecular formula is C16H18N2O2. The van der Waals surface area contributed by atoms with Crippen LogP contribution in [0.4, 0.5) is 0 Å². The molecular weight excluding hydrogens is 252 g/mol. The van der Waals surface area contributed by atoms with Crippen LogP contribution in [0, 0.1) is 0 Å². The van der Waals surface area contributed by atoms with Gasteiger partial charge < -0.3 is 10.1 Å². The van der Waals surface area contributed by atoms with Gasteiger partial charge in [-0.3, -0.25) is 9.78 Å². The lowest BCUT2D eigenvalue weighted by molar-refractivity contribution is 0.0317. The van der Waals surface area contributed by atoms with E-state index in [-0.39, 0.29) is 18.5 Å². The van der Waals surface area contributed by atoms with Crippen LogP contribution < -0.4 is 5.32 Å². The Hall–Kier alpha value is -1.78. The fourth-order valence-corrected chi connectivity index (χ4v) is 2.46. The third-order valence-corrected chi connectivity index (χ3v) is 3.65. The van der Waals surface area contributed by atoms with Crippen LogP contribution in [0.1, 0.15) is 23.2 Å². The molecule has 0 spiro atoms. The third kappa shape index (κ3) is 3.03. The van der Waals surface area contributed by atoms with Crippen LogP contribution >= 0.6 is 0 Å². The lowest BCUT2D eigenvalue weighted by Crippen LogP contribution is -2.33. The first-order valence-corrected chi connectivity index (χ1v) is 7.03. The predicted octanol–water partition coefficient (Wildman–Crippen LogP) is 2.19. The van der Waals surface area contributed by atoms with Crippen molar-refractivity contribution < 1.29 is 9.53 Å². The van der Waals surface area contributed by atoms with Gasteiger partial charge in [0.25, 0.3) is 0 Å². The summed E-state index contributed by atoms with van der Waals surface area (Å²) in [6.45, 7) is 2.08. The van der Waals surface area contributed by atoms with Crippen LogP contribution in [0.5, 0.6) is 0 Å². The molecule has 1 saturated heterocycles. The first-order chi connectivity index (χ1) is 9.83. The van der Waals surface area contributed by atoms with Crippen LogP contribution in [-0.2, 0) is 4.74 Å². The summed E-state index contributed by atoms with van der Waals surface area (Å²) in [6, 6.07) is 9.68. The number of rotatable bonds is 4. The van der Waals surface area contributed by atoms with E-state index in [1.807, 2.05) is 30.3 Å². The van der Waals surface area contributed by atoms with Crippen molar-refractivity contribution in [2.75, 3.05) is 19.7 Å². The number of pyridine rings is 1. The van der Waals surface area contributed by atoms with Crippen LogP contribution in [0.2, 0.25) is 0 Å². The van der Waals surface area contributed by atoms with Crippen molar-refractivity contribution in [1.82, 2.24) is 10.3 Å². The molecule has 20 heavy (non-hydrogen) atoms. The highest BCUT2D eigenvalue weighted by atomic mass is 16.5. The van der Waals surface area contributed by atoms with E-state index in [4.69, 9.17) is 4.74 Å². The molecule has 0 bridgehead atoms. The number of hydrogen-bond donors (Lipinski definition) is 1. The minimum atomic E-state index is 0.00165. The molecule has 1 fully saturated rings. The average Bonchev–Trinajstić information content (AvgIpc) is 2.53. The fraction of sp³-hybridized carbons (Fsp3) is 0.375. The summed E-state index contributed by atoms with van der Waals surface area (Å²) in [5, 5.41) is 4.27. The molecule has 0 radical (unpaired) electrons. The number of para-hydroxylation sites is 1. The van der Waals surface area contributed by atoms with Gasteiger partial charge in [0.05, 0.1) is 11.6 Å². The summed E-state index contributed by atoms with van der Waals surface area (Å²) in [5.41, 5.74) is 1.53.